The largest absolute Gasteiger partial charge is 0.481 e. The standard InChI is InChI=1S/C20H26F3N5O3/c1-4-10-28(19(30)15(5-2)31-14-8-6-7-13(3)12-14)11-9-24-18(29)16-17(20(21,22)23)26-27-25-16/h6-8,12,15H,4-5,9-11H2,1-3H3,(H,24,29)(H,25,26,27). The maximum atomic E-state index is 13.0. The molecule has 1 heterocycles. The van der Waals surface area contributed by atoms with Gasteiger partial charge in [-0.05, 0) is 37.5 Å². The van der Waals surface area contributed by atoms with Crippen molar-refractivity contribution in [3.8, 4) is 5.75 Å². The first-order chi connectivity index (χ1) is 14.7. The molecule has 0 spiro atoms. The maximum absolute atomic E-state index is 13.0. The van der Waals surface area contributed by atoms with Crippen LogP contribution in [-0.2, 0) is 11.0 Å². The molecule has 0 fully saturated rings. The summed E-state index contributed by atoms with van der Waals surface area (Å²) in [6.45, 7) is 6.13. The molecule has 0 bridgehead atoms. The lowest BCUT2D eigenvalue weighted by Gasteiger charge is -2.27. The summed E-state index contributed by atoms with van der Waals surface area (Å²) >= 11 is 0. The Morgan fingerprint density at radius 3 is 2.58 bits per heavy atom. The van der Waals surface area contributed by atoms with Crippen molar-refractivity contribution in [2.24, 2.45) is 0 Å². The number of amides is 2. The number of hydrogen-bond donors (Lipinski definition) is 2. The van der Waals surface area contributed by atoms with E-state index in [-0.39, 0.29) is 19.0 Å². The van der Waals surface area contributed by atoms with E-state index in [4.69, 9.17) is 4.74 Å². The van der Waals surface area contributed by atoms with Gasteiger partial charge in [-0.15, -0.1) is 0 Å². The Labute approximate surface area is 178 Å². The molecule has 0 aliphatic heterocycles. The summed E-state index contributed by atoms with van der Waals surface area (Å²) in [5, 5.41) is 10.4. The number of halogens is 3. The third kappa shape index (κ3) is 6.69. The van der Waals surface area contributed by atoms with Crippen molar-refractivity contribution >= 4 is 11.8 Å². The molecule has 2 N–H and O–H groups in total. The molecule has 1 aromatic heterocycles. The van der Waals surface area contributed by atoms with Crippen LogP contribution in [0.2, 0.25) is 0 Å². The van der Waals surface area contributed by atoms with Gasteiger partial charge in [0.25, 0.3) is 11.8 Å². The van der Waals surface area contributed by atoms with Crippen molar-refractivity contribution in [1.29, 1.82) is 0 Å². The van der Waals surface area contributed by atoms with Crippen molar-refractivity contribution in [2.75, 3.05) is 19.6 Å². The van der Waals surface area contributed by atoms with Gasteiger partial charge in [0.2, 0.25) is 0 Å². The van der Waals surface area contributed by atoms with Gasteiger partial charge in [-0.1, -0.05) is 26.0 Å². The lowest BCUT2D eigenvalue weighted by Crippen LogP contribution is -2.45. The molecule has 170 valence electrons. The Kier molecular flexibility index (Phi) is 8.40. The molecule has 0 radical (unpaired) electrons. The number of aromatic amines is 1. The van der Waals surface area contributed by atoms with Crippen LogP contribution in [-0.4, -0.2) is 57.9 Å². The van der Waals surface area contributed by atoms with E-state index in [9.17, 15) is 22.8 Å². The van der Waals surface area contributed by atoms with E-state index in [2.05, 4.69) is 15.5 Å². The normalized spacial score (nSPS) is 12.3. The fourth-order valence-corrected chi connectivity index (χ4v) is 2.94. The highest BCUT2D eigenvalue weighted by atomic mass is 19.4. The average Bonchev–Trinajstić information content (AvgIpc) is 3.21. The number of aryl methyl sites for hydroxylation is 1. The molecule has 0 saturated heterocycles. The summed E-state index contributed by atoms with van der Waals surface area (Å²) in [5.74, 6) is -0.693. The zero-order chi connectivity index (χ0) is 23.0. The van der Waals surface area contributed by atoms with E-state index in [1.165, 1.54) is 4.90 Å². The smallest absolute Gasteiger partial charge is 0.437 e. The molecule has 1 aromatic carbocycles. The summed E-state index contributed by atoms with van der Waals surface area (Å²) < 4.78 is 44.4. The van der Waals surface area contributed by atoms with Gasteiger partial charge in [-0.25, -0.2) is 0 Å². The summed E-state index contributed by atoms with van der Waals surface area (Å²) in [6.07, 6.45) is -4.41. The molecule has 31 heavy (non-hydrogen) atoms. The van der Waals surface area contributed by atoms with Crippen LogP contribution in [0.3, 0.4) is 0 Å². The predicted molar refractivity (Wildman–Crippen MR) is 106 cm³/mol. The van der Waals surface area contributed by atoms with Crippen LogP contribution < -0.4 is 10.1 Å². The van der Waals surface area contributed by atoms with E-state index in [0.717, 1.165) is 5.56 Å². The first kappa shape index (κ1) is 24.2. The van der Waals surface area contributed by atoms with Crippen molar-refractivity contribution in [3.05, 3.63) is 41.2 Å². The Morgan fingerprint density at radius 2 is 1.97 bits per heavy atom. The van der Waals surface area contributed by atoms with Crippen LogP contribution in [0, 0.1) is 6.92 Å². The zero-order valence-corrected chi connectivity index (χ0v) is 17.6. The number of carbonyl (C=O) groups excluding carboxylic acids is 2. The Morgan fingerprint density at radius 1 is 1.23 bits per heavy atom. The minimum absolute atomic E-state index is 0.0460. The Hall–Kier alpha value is -3.11. The summed E-state index contributed by atoms with van der Waals surface area (Å²) in [5.41, 5.74) is -1.22. The molecule has 0 saturated carbocycles. The molecular weight excluding hydrogens is 415 g/mol. The highest BCUT2D eigenvalue weighted by Gasteiger charge is 2.39. The molecule has 0 aliphatic carbocycles. The van der Waals surface area contributed by atoms with Crippen molar-refractivity contribution in [3.63, 3.8) is 0 Å². The van der Waals surface area contributed by atoms with Gasteiger partial charge in [0.05, 0.1) is 0 Å². The van der Waals surface area contributed by atoms with Crippen molar-refractivity contribution in [2.45, 2.75) is 45.9 Å². The van der Waals surface area contributed by atoms with Crippen LogP contribution in [0.1, 0.15) is 48.4 Å². The molecule has 0 aliphatic rings. The second kappa shape index (κ2) is 10.8. The highest BCUT2D eigenvalue weighted by molar-refractivity contribution is 5.93. The molecule has 2 aromatic rings. The number of hydrogen-bond acceptors (Lipinski definition) is 5. The van der Waals surface area contributed by atoms with E-state index in [0.29, 0.717) is 25.1 Å². The van der Waals surface area contributed by atoms with Crippen LogP contribution in [0.25, 0.3) is 0 Å². The summed E-state index contributed by atoms with van der Waals surface area (Å²) in [4.78, 5) is 26.6. The van der Waals surface area contributed by atoms with E-state index < -0.39 is 29.6 Å². The van der Waals surface area contributed by atoms with Gasteiger partial charge in [0.15, 0.2) is 17.5 Å². The molecule has 1 atom stereocenters. The first-order valence-corrected chi connectivity index (χ1v) is 9.95. The molecular formula is C20H26F3N5O3. The lowest BCUT2D eigenvalue weighted by atomic mass is 10.2. The van der Waals surface area contributed by atoms with Gasteiger partial charge < -0.3 is 15.0 Å². The maximum Gasteiger partial charge on any atom is 0.437 e. The lowest BCUT2D eigenvalue weighted by molar-refractivity contribution is -0.141. The van der Waals surface area contributed by atoms with Crippen LogP contribution in [0.4, 0.5) is 13.2 Å². The van der Waals surface area contributed by atoms with Crippen LogP contribution in [0.5, 0.6) is 5.75 Å². The quantitative estimate of drug-likeness (QED) is 0.591. The molecule has 2 amide bonds. The second-order valence-corrected chi connectivity index (χ2v) is 6.93. The zero-order valence-electron chi connectivity index (χ0n) is 17.6. The SMILES string of the molecule is CCCN(CCNC(=O)c1n[nH]nc1C(F)(F)F)C(=O)C(CC)Oc1cccc(C)c1. The molecule has 8 nitrogen and oxygen atoms in total. The third-order valence-corrected chi connectivity index (χ3v) is 4.42. The Bertz CT molecular complexity index is 885. The molecule has 2 rings (SSSR count). The number of rotatable bonds is 10. The molecule has 11 heteroatoms. The summed E-state index contributed by atoms with van der Waals surface area (Å²) in [6, 6.07) is 7.35. The minimum Gasteiger partial charge on any atom is -0.481 e. The van der Waals surface area contributed by atoms with Gasteiger partial charge in [0, 0.05) is 19.6 Å². The number of H-pyrrole nitrogens is 1. The number of carbonyl (C=O) groups is 2. The number of ether oxygens (including phenoxy) is 1. The number of nitrogens with zero attached hydrogens (tertiary/aromatic N) is 3. The van der Waals surface area contributed by atoms with Gasteiger partial charge >= 0.3 is 6.18 Å². The highest BCUT2D eigenvalue weighted by Crippen LogP contribution is 2.29. The summed E-state index contributed by atoms with van der Waals surface area (Å²) in [7, 11) is 0. The number of alkyl halides is 3. The fraction of sp³-hybridized carbons (Fsp3) is 0.500. The number of benzene rings is 1. The van der Waals surface area contributed by atoms with Gasteiger partial charge in [0.1, 0.15) is 5.75 Å². The van der Waals surface area contributed by atoms with E-state index >= 15 is 0 Å². The predicted octanol–water partition coefficient (Wildman–Crippen LogP) is 2.96. The fourth-order valence-electron chi connectivity index (χ4n) is 2.94. The van der Waals surface area contributed by atoms with Gasteiger partial charge in [-0.3, -0.25) is 9.59 Å². The Balaban J connectivity index is 1.99. The van der Waals surface area contributed by atoms with Crippen molar-refractivity contribution in [1.82, 2.24) is 25.6 Å². The second-order valence-electron chi connectivity index (χ2n) is 6.93. The first-order valence-electron chi connectivity index (χ1n) is 9.95. The van der Waals surface area contributed by atoms with Crippen LogP contribution >= 0.6 is 0 Å². The molecule has 1 unspecified atom stereocenters. The number of aromatic nitrogens is 3. The van der Waals surface area contributed by atoms with Crippen LogP contribution in [0.15, 0.2) is 24.3 Å². The van der Waals surface area contributed by atoms with Gasteiger partial charge in [-0.2, -0.15) is 28.6 Å². The number of nitrogens with one attached hydrogen (secondary N) is 2. The monoisotopic (exact) mass is 441 g/mol. The average molecular weight is 441 g/mol. The third-order valence-electron chi connectivity index (χ3n) is 4.42. The van der Waals surface area contributed by atoms with Crippen molar-refractivity contribution < 1.29 is 27.5 Å². The van der Waals surface area contributed by atoms with E-state index in [1.54, 1.807) is 6.07 Å². The topological polar surface area (TPSA) is 100 Å². The van der Waals surface area contributed by atoms with E-state index in [1.807, 2.05) is 44.2 Å². The minimum atomic E-state index is -4.80.